The Morgan fingerprint density at radius 2 is 1.70 bits per heavy atom. The maximum Gasteiger partial charge on any atom is 0.374 e. The number of carbonyl (C=O) groups excluding carboxylic acids is 3. The lowest BCUT2D eigenvalue weighted by Gasteiger charge is -2.34. The van der Waals surface area contributed by atoms with E-state index in [0.717, 1.165) is 4.47 Å². The third-order valence-corrected chi connectivity index (χ3v) is 6.95. The number of halogens is 2. The molecule has 0 aliphatic carbocycles. The van der Waals surface area contributed by atoms with Gasteiger partial charge < -0.3 is 24.8 Å². The lowest BCUT2D eigenvalue weighted by atomic mass is 10.1. The Morgan fingerprint density at radius 3 is 2.30 bits per heavy atom. The van der Waals surface area contributed by atoms with Crippen molar-refractivity contribution in [1.82, 2.24) is 9.88 Å². The van der Waals surface area contributed by atoms with Crippen LogP contribution in [0.1, 0.15) is 35.0 Å². The Hall–Kier alpha value is -3.87. The number of ether oxygens (including phenoxy) is 3. The number of urea groups is 1. The Morgan fingerprint density at radius 1 is 1.00 bits per heavy atom. The number of pyridine rings is 1. The molecule has 1 aromatic heterocycles. The molecule has 2 unspecified atom stereocenters. The van der Waals surface area contributed by atoms with Crippen LogP contribution in [0.3, 0.4) is 0 Å². The lowest BCUT2D eigenvalue weighted by molar-refractivity contribution is -0.201. The third-order valence-electron chi connectivity index (χ3n) is 6.25. The van der Waals surface area contributed by atoms with Gasteiger partial charge in [-0.25, -0.2) is 14.5 Å². The fraction of sp³-hybridized carbons (Fsp3) is 0.286. The van der Waals surface area contributed by atoms with E-state index in [-0.39, 0.29) is 17.0 Å². The SMILES string of the molecule is COC(=O)c1ccc(OC(F)(C(=O)C(OC)c2ccc(NC(=O)Nc3ccccc3Br)cn2)N2CCCC2)cc1. The van der Waals surface area contributed by atoms with Gasteiger partial charge in [0.2, 0.25) is 0 Å². The lowest BCUT2D eigenvalue weighted by Crippen LogP contribution is -2.56. The first kappa shape index (κ1) is 29.1. The van der Waals surface area contributed by atoms with Crippen LogP contribution in [0.5, 0.6) is 5.75 Å². The molecule has 10 nitrogen and oxygen atoms in total. The number of hydrogen-bond acceptors (Lipinski definition) is 8. The summed E-state index contributed by atoms with van der Waals surface area (Å²) in [5, 5.41) is 5.37. The molecule has 1 aliphatic heterocycles. The number of likely N-dealkylation sites (tertiary alicyclic amines) is 1. The van der Waals surface area contributed by atoms with Gasteiger partial charge in [0.25, 0.3) is 5.78 Å². The maximum absolute atomic E-state index is 16.6. The van der Waals surface area contributed by atoms with E-state index in [1.165, 1.54) is 61.7 Å². The molecule has 2 aromatic carbocycles. The van der Waals surface area contributed by atoms with Gasteiger partial charge in [-0.1, -0.05) is 12.1 Å². The van der Waals surface area contributed by atoms with Crippen LogP contribution >= 0.6 is 15.9 Å². The number of hydrogen-bond donors (Lipinski definition) is 2. The first-order valence-electron chi connectivity index (χ1n) is 12.4. The molecule has 2 N–H and O–H groups in total. The van der Waals surface area contributed by atoms with Crippen molar-refractivity contribution in [3.05, 3.63) is 82.6 Å². The van der Waals surface area contributed by atoms with E-state index in [4.69, 9.17) is 9.47 Å². The number of methoxy groups -OCH3 is 2. The standard InChI is InChI=1S/C28H28BrFN4O6/c1-38-24(23-14-11-19(17-31-23)32-27(37)33-22-8-4-3-7-21(22)29)25(35)28(30,34-15-5-6-16-34)40-20-12-9-18(10-13-20)26(36)39-2/h3-4,7-14,17,24H,5-6,15-16H2,1-2H3,(H2,32,33,37). The van der Waals surface area contributed by atoms with E-state index in [0.29, 0.717) is 37.3 Å². The van der Waals surface area contributed by atoms with Crippen LogP contribution in [-0.4, -0.2) is 61.0 Å². The number of benzene rings is 2. The number of amides is 2. The zero-order chi connectivity index (χ0) is 28.7. The van der Waals surface area contributed by atoms with Crippen molar-refractivity contribution in [3.63, 3.8) is 0 Å². The molecule has 1 fully saturated rings. The van der Waals surface area contributed by atoms with Crippen LogP contribution < -0.4 is 15.4 Å². The number of alkyl halides is 1. The molecule has 0 radical (unpaired) electrons. The molecule has 0 saturated carbocycles. The van der Waals surface area contributed by atoms with Crippen LogP contribution in [0.25, 0.3) is 0 Å². The van der Waals surface area contributed by atoms with Gasteiger partial charge in [0.05, 0.1) is 35.9 Å². The van der Waals surface area contributed by atoms with Gasteiger partial charge in [-0.05, 0) is 77.3 Å². The maximum atomic E-state index is 16.6. The van der Waals surface area contributed by atoms with Gasteiger partial charge in [0.15, 0.2) is 6.10 Å². The summed E-state index contributed by atoms with van der Waals surface area (Å²) in [5.41, 5.74) is 1.32. The van der Waals surface area contributed by atoms with Crippen molar-refractivity contribution in [2.24, 2.45) is 0 Å². The normalized spacial score (nSPS) is 15.5. The summed E-state index contributed by atoms with van der Waals surface area (Å²) < 4.78 is 33.0. The molecule has 40 heavy (non-hydrogen) atoms. The molecule has 2 heterocycles. The minimum Gasteiger partial charge on any atom is -0.465 e. The van der Waals surface area contributed by atoms with Crippen LogP contribution in [0.15, 0.2) is 71.3 Å². The fourth-order valence-electron chi connectivity index (χ4n) is 4.21. The van der Waals surface area contributed by atoms with E-state index in [1.54, 1.807) is 18.2 Å². The van der Waals surface area contributed by atoms with Crippen molar-refractivity contribution in [2.45, 2.75) is 24.9 Å². The van der Waals surface area contributed by atoms with Crippen LogP contribution in [0.4, 0.5) is 20.6 Å². The summed E-state index contributed by atoms with van der Waals surface area (Å²) in [4.78, 5) is 43.3. The van der Waals surface area contributed by atoms with Gasteiger partial charge in [-0.2, -0.15) is 4.39 Å². The summed E-state index contributed by atoms with van der Waals surface area (Å²) >= 11 is 3.37. The van der Waals surface area contributed by atoms with E-state index in [2.05, 4.69) is 36.3 Å². The Bertz CT molecular complexity index is 1350. The minimum atomic E-state index is -2.86. The van der Waals surface area contributed by atoms with Crippen molar-refractivity contribution in [2.75, 3.05) is 37.9 Å². The molecule has 3 aromatic rings. The smallest absolute Gasteiger partial charge is 0.374 e. The summed E-state index contributed by atoms with van der Waals surface area (Å²) in [6.45, 7) is 0.615. The molecule has 4 rings (SSSR count). The average Bonchev–Trinajstić information content (AvgIpc) is 3.51. The molecule has 2 atom stereocenters. The summed E-state index contributed by atoms with van der Waals surface area (Å²) in [6.07, 6.45) is 1.34. The summed E-state index contributed by atoms with van der Waals surface area (Å²) in [7, 11) is 2.53. The molecule has 0 spiro atoms. The zero-order valence-electron chi connectivity index (χ0n) is 21.9. The number of Topliss-reactive ketones (excluding diaryl/α,β-unsaturated/α-hetero) is 1. The van der Waals surface area contributed by atoms with E-state index < -0.39 is 29.9 Å². The molecule has 0 bridgehead atoms. The molecule has 1 saturated heterocycles. The highest BCUT2D eigenvalue weighted by Gasteiger charge is 2.52. The zero-order valence-corrected chi connectivity index (χ0v) is 23.4. The number of nitrogens with one attached hydrogen (secondary N) is 2. The number of esters is 1. The number of carbonyl (C=O) groups is 3. The van der Waals surface area contributed by atoms with E-state index >= 15 is 4.39 Å². The number of para-hydroxylation sites is 1. The van der Waals surface area contributed by atoms with Crippen molar-refractivity contribution < 1.29 is 33.0 Å². The minimum absolute atomic E-state index is 0.0498. The fourth-order valence-corrected chi connectivity index (χ4v) is 4.60. The Balaban J connectivity index is 1.51. The molecule has 210 valence electrons. The summed E-state index contributed by atoms with van der Waals surface area (Å²) in [6, 6.07) is 15.3. The highest BCUT2D eigenvalue weighted by molar-refractivity contribution is 9.10. The Labute approximate surface area is 238 Å². The largest absolute Gasteiger partial charge is 0.465 e. The van der Waals surface area contributed by atoms with Crippen LogP contribution in [0, 0.1) is 0 Å². The van der Waals surface area contributed by atoms with Crippen molar-refractivity contribution >= 4 is 45.1 Å². The Kier molecular flexibility index (Phi) is 9.46. The quantitative estimate of drug-likeness (QED) is 0.232. The van der Waals surface area contributed by atoms with E-state index in [9.17, 15) is 14.4 Å². The second kappa shape index (κ2) is 13.0. The predicted octanol–water partition coefficient (Wildman–Crippen LogP) is 5.33. The van der Waals surface area contributed by atoms with Gasteiger partial charge in [0, 0.05) is 24.7 Å². The predicted molar refractivity (Wildman–Crippen MR) is 149 cm³/mol. The first-order valence-corrected chi connectivity index (χ1v) is 13.2. The number of ketones is 1. The monoisotopic (exact) mass is 614 g/mol. The summed E-state index contributed by atoms with van der Waals surface area (Å²) in [5.74, 6) is -4.35. The second-order valence-electron chi connectivity index (χ2n) is 8.88. The number of anilines is 2. The van der Waals surface area contributed by atoms with Gasteiger partial charge in [0.1, 0.15) is 5.75 Å². The van der Waals surface area contributed by atoms with Gasteiger partial charge in [-0.3, -0.25) is 9.78 Å². The number of aromatic nitrogens is 1. The number of nitrogens with zero attached hydrogens (tertiary/aromatic N) is 2. The highest BCUT2D eigenvalue weighted by atomic mass is 79.9. The second-order valence-corrected chi connectivity index (χ2v) is 9.74. The number of rotatable bonds is 10. The average molecular weight is 615 g/mol. The van der Waals surface area contributed by atoms with Gasteiger partial charge in [-0.15, -0.1) is 0 Å². The first-order chi connectivity index (χ1) is 19.2. The molecular formula is C28H28BrFN4O6. The van der Waals surface area contributed by atoms with Gasteiger partial charge >= 0.3 is 18.0 Å². The topological polar surface area (TPSA) is 119 Å². The highest BCUT2D eigenvalue weighted by Crippen LogP contribution is 2.34. The van der Waals surface area contributed by atoms with Crippen LogP contribution in [-0.2, 0) is 14.3 Å². The third kappa shape index (κ3) is 6.64. The molecule has 1 aliphatic rings. The molecular weight excluding hydrogens is 587 g/mol. The van der Waals surface area contributed by atoms with Crippen molar-refractivity contribution in [1.29, 1.82) is 0 Å². The van der Waals surface area contributed by atoms with Crippen molar-refractivity contribution in [3.8, 4) is 5.75 Å². The van der Waals surface area contributed by atoms with Crippen LogP contribution in [0.2, 0.25) is 0 Å². The van der Waals surface area contributed by atoms with E-state index in [1.807, 2.05) is 6.07 Å². The molecule has 12 heteroatoms. The molecule has 2 amide bonds.